The van der Waals surface area contributed by atoms with E-state index in [4.69, 9.17) is 4.74 Å². The Kier molecular flexibility index (Phi) is 5.28. The topological polar surface area (TPSA) is 12.5 Å². The molecule has 190 valence electrons. The van der Waals surface area contributed by atoms with Crippen LogP contribution in [-0.2, 0) is 5.41 Å². The van der Waals surface area contributed by atoms with Gasteiger partial charge in [-0.25, -0.2) is 0 Å². The molecule has 0 fully saturated rings. The van der Waals surface area contributed by atoms with Crippen LogP contribution >= 0.6 is 0 Å². The molecule has 0 atom stereocenters. The van der Waals surface area contributed by atoms with Crippen LogP contribution in [0.25, 0.3) is 0 Å². The predicted octanol–water partition coefficient (Wildman–Crippen LogP) is 7.34. The smallest absolute Gasteiger partial charge is 0.251 e. The van der Waals surface area contributed by atoms with Crippen LogP contribution in [0.5, 0.6) is 11.5 Å². The maximum atomic E-state index is 6.65. The Bertz CT molecular complexity index is 1700. The fraction of sp³-hybridized carbons (Fsp3) is 0.167. The van der Waals surface area contributed by atoms with E-state index in [1.165, 1.54) is 55.6 Å². The van der Waals surface area contributed by atoms with Crippen LogP contribution in [0.15, 0.2) is 103 Å². The average Bonchev–Trinajstić information content (AvgIpc) is 2.92. The van der Waals surface area contributed by atoms with Gasteiger partial charge in [0.2, 0.25) is 0 Å². The summed E-state index contributed by atoms with van der Waals surface area (Å²) in [4.78, 5) is 2.40. The van der Waals surface area contributed by atoms with Gasteiger partial charge in [0.25, 0.3) is 6.71 Å². The Labute approximate surface area is 232 Å². The first-order valence-electron chi connectivity index (χ1n) is 13.8. The van der Waals surface area contributed by atoms with Gasteiger partial charge in [0.1, 0.15) is 11.5 Å². The van der Waals surface area contributed by atoms with Gasteiger partial charge in [-0.05, 0) is 67.1 Å². The van der Waals surface area contributed by atoms with E-state index >= 15 is 0 Å². The van der Waals surface area contributed by atoms with Crippen molar-refractivity contribution in [3.63, 3.8) is 0 Å². The zero-order chi connectivity index (χ0) is 26.9. The van der Waals surface area contributed by atoms with E-state index in [0.717, 1.165) is 17.2 Å². The largest absolute Gasteiger partial charge is 0.458 e. The second kappa shape index (κ2) is 8.64. The molecule has 2 aliphatic rings. The molecule has 2 nitrogen and oxygen atoms in total. The van der Waals surface area contributed by atoms with Gasteiger partial charge < -0.3 is 9.64 Å². The van der Waals surface area contributed by atoms with Gasteiger partial charge in [-0.2, -0.15) is 0 Å². The lowest BCUT2D eigenvalue weighted by Gasteiger charge is -2.42. The van der Waals surface area contributed by atoms with Gasteiger partial charge >= 0.3 is 0 Å². The van der Waals surface area contributed by atoms with Crippen LogP contribution in [0.2, 0.25) is 0 Å². The number of aryl methyl sites for hydroxylation is 3. The molecule has 0 radical (unpaired) electrons. The van der Waals surface area contributed by atoms with Crippen LogP contribution in [-0.4, -0.2) is 6.71 Å². The first-order chi connectivity index (χ1) is 18.8. The molecule has 2 heterocycles. The van der Waals surface area contributed by atoms with Gasteiger partial charge in [0, 0.05) is 17.2 Å². The van der Waals surface area contributed by atoms with Gasteiger partial charge in [-0.1, -0.05) is 109 Å². The maximum Gasteiger partial charge on any atom is 0.251 e. The molecule has 0 amide bonds. The SMILES string of the molecule is Cc1cc(C)c(B2c3ccccc3Oc3cc(N4c5ccccc5C(C)(C)c5ccccc54)ccc32)c(C)c1. The molecule has 0 unspecified atom stereocenters. The summed E-state index contributed by atoms with van der Waals surface area (Å²) in [5.74, 6) is 1.86. The molecule has 0 aromatic heterocycles. The summed E-state index contributed by atoms with van der Waals surface area (Å²) in [6.07, 6.45) is 0. The molecule has 7 rings (SSSR count). The summed E-state index contributed by atoms with van der Waals surface area (Å²) < 4.78 is 6.65. The second-order valence-electron chi connectivity index (χ2n) is 11.6. The first kappa shape index (κ1) is 23.9. The van der Waals surface area contributed by atoms with E-state index in [0.29, 0.717) is 0 Å². The minimum atomic E-state index is -0.0844. The molecule has 5 aromatic rings. The van der Waals surface area contributed by atoms with E-state index in [9.17, 15) is 0 Å². The van der Waals surface area contributed by atoms with Crippen LogP contribution in [0.4, 0.5) is 17.1 Å². The standard InChI is InChI=1S/C36H32BNO/c1-23-20-24(2)35(25(3)21-23)37-29-14-8-11-17-33(29)39-34-22-26(18-19-30(34)37)38-31-15-9-6-12-27(31)36(4,5)28-13-7-10-16-32(28)38/h6-22H,1-5H3. The van der Waals surface area contributed by atoms with Crippen LogP contribution in [0.3, 0.4) is 0 Å². The van der Waals surface area contributed by atoms with Gasteiger partial charge in [0.05, 0.1) is 11.4 Å². The highest BCUT2D eigenvalue weighted by atomic mass is 16.5. The molecule has 2 aliphatic heterocycles. The van der Waals surface area contributed by atoms with Crippen molar-refractivity contribution in [2.75, 3.05) is 4.90 Å². The van der Waals surface area contributed by atoms with Gasteiger partial charge in [-0.3, -0.25) is 0 Å². The maximum absolute atomic E-state index is 6.65. The molecule has 39 heavy (non-hydrogen) atoms. The van der Waals surface area contributed by atoms with Gasteiger partial charge in [-0.15, -0.1) is 0 Å². The Morgan fingerprint density at radius 2 is 1.18 bits per heavy atom. The highest BCUT2D eigenvalue weighted by Gasteiger charge is 2.38. The normalized spacial score (nSPS) is 14.6. The molecule has 0 aliphatic carbocycles. The Morgan fingerprint density at radius 3 is 1.85 bits per heavy atom. The number of anilines is 3. The molecular weight excluding hydrogens is 473 g/mol. The fourth-order valence-electron chi connectivity index (χ4n) is 6.99. The number of fused-ring (bicyclic) bond motifs is 4. The van der Waals surface area contributed by atoms with E-state index in [-0.39, 0.29) is 12.1 Å². The number of nitrogens with zero attached hydrogens (tertiary/aromatic N) is 1. The summed E-state index contributed by atoms with van der Waals surface area (Å²) in [7, 11) is 0. The third kappa shape index (κ3) is 3.56. The van der Waals surface area contributed by atoms with Crippen molar-refractivity contribution in [2.24, 2.45) is 0 Å². The van der Waals surface area contributed by atoms with E-state index in [1.807, 2.05) is 0 Å². The van der Waals surface area contributed by atoms with Crippen molar-refractivity contribution >= 4 is 40.2 Å². The monoisotopic (exact) mass is 505 g/mol. The Balaban J connectivity index is 1.44. The quantitative estimate of drug-likeness (QED) is 0.228. The van der Waals surface area contributed by atoms with Crippen LogP contribution in [0, 0.1) is 20.8 Å². The zero-order valence-electron chi connectivity index (χ0n) is 23.2. The lowest BCUT2D eigenvalue weighted by atomic mass is 9.34. The molecule has 0 bridgehead atoms. The van der Waals surface area contributed by atoms with Crippen molar-refractivity contribution in [3.8, 4) is 11.5 Å². The second-order valence-corrected chi connectivity index (χ2v) is 11.6. The molecule has 0 N–H and O–H groups in total. The summed E-state index contributed by atoms with van der Waals surface area (Å²) in [5, 5.41) is 0. The predicted molar refractivity (Wildman–Crippen MR) is 165 cm³/mol. The number of hydrogen-bond donors (Lipinski definition) is 0. The first-order valence-corrected chi connectivity index (χ1v) is 13.8. The van der Waals surface area contributed by atoms with Gasteiger partial charge in [0.15, 0.2) is 0 Å². The third-order valence-corrected chi connectivity index (χ3v) is 8.68. The van der Waals surface area contributed by atoms with Crippen molar-refractivity contribution in [2.45, 2.75) is 40.0 Å². The van der Waals surface area contributed by atoms with E-state index in [2.05, 4.69) is 143 Å². The van der Waals surface area contributed by atoms with Crippen molar-refractivity contribution in [1.82, 2.24) is 0 Å². The highest BCUT2D eigenvalue weighted by molar-refractivity contribution is 6.97. The molecular formula is C36H32BNO. The Morgan fingerprint density at radius 1 is 0.615 bits per heavy atom. The number of ether oxygens (including phenoxy) is 1. The third-order valence-electron chi connectivity index (χ3n) is 8.68. The fourth-order valence-corrected chi connectivity index (χ4v) is 6.99. The Hall–Kier alpha value is -4.24. The van der Waals surface area contributed by atoms with Crippen molar-refractivity contribution in [1.29, 1.82) is 0 Å². The lowest BCUT2D eigenvalue weighted by molar-refractivity contribution is 0.487. The van der Waals surface area contributed by atoms with Crippen LogP contribution in [0.1, 0.15) is 41.7 Å². The molecule has 0 saturated heterocycles. The van der Waals surface area contributed by atoms with E-state index in [1.54, 1.807) is 0 Å². The van der Waals surface area contributed by atoms with Crippen molar-refractivity contribution < 1.29 is 4.74 Å². The molecule has 3 heteroatoms. The summed E-state index contributed by atoms with van der Waals surface area (Å²) in [6, 6.07) is 37.5. The summed E-state index contributed by atoms with van der Waals surface area (Å²) in [5.41, 5.74) is 13.9. The number of rotatable bonds is 2. The zero-order valence-corrected chi connectivity index (χ0v) is 23.2. The number of hydrogen-bond acceptors (Lipinski definition) is 2. The van der Waals surface area contributed by atoms with Crippen LogP contribution < -0.4 is 26.0 Å². The van der Waals surface area contributed by atoms with E-state index < -0.39 is 0 Å². The molecule has 5 aromatic carbocycles. The minimum Gasteiger partial charge on any atom is -0.458 e. The summed E-state index contributed by atoms with van der Waals surface area (Å²) in [6.45, 7) is 11.4. The number of benzene rings is 5. The lowest BCUT2D eigenvalue weighted by Crippen LogP contribution is -2.56. The summed E-state index contributed by atoms with van der Waals surface area (Å²) >= 11 is 0. The van der Waals surface area contributed by atoms with Crippen molar-refractivity contribution in [3.05, 3.63) is 131 Å². The highest BCUT2D eigenvalue weighted by Crippen LogP contribution is 2.51. The minimum absolute atomic E-state index is 0.0844. The molecule has 0 spiro atoms. The molecule has 0 saturated carbocycles. The average molecular weight is 505 g/mol. The number of para-hydroxylation sites is 3.